The van der Waals surface area contributed by atoms with E-state index >= 15 is 0 Å². The van der Waals surface area contributed by atoms with Gasteiger partial charge in [-0.3, -0.25) is 4.57 Å². The molecule has 0 aliphatic carbocycles. The third kappa shape index (κ3) is 3.28. The van der Waals surface area contributed by atoms with Crippen LogP contribution in [0, 0.1) is 0 Å². The normalized spacial score (nSPS) is 12.1. The van der Waals surface area contributed by atoms with E-state index in [9.17, 15) is 13.2 Å². The third-order valence-corrected chi connectivity index (χ3v) is 2.78. The molecule has 0 fully saturated rings. The average molecular weight is 294 g/mol. The molecule has 0 aromatic carbocycles. The molecule has 0 amide bonds. The Bertz CT molecular complexity index is 582. The summed E-state index contributed by atoms with van der Waals surface area (Å²) in [5, 5.41) is 0.273. The van der Waals surface area contributed by atoms with Crippen LogP contribution in [0.5, 0.6) is 6.01 Å². The number of halogens is 4. The summed E-state index contributed by atoms with van der Waals surface area (Å²) in [7, 11) is 1.41. The predicted octanol–water partition coefficient (Wildman–Crippen LogP) is 3.44. The highest BCUT2D eigenvalue weighted by atomic mass is 35.5. The van der Waals surface area contributed by atoms with Crippen molar-refractivity contribution in [1.29, 1.82) is 0 Å². The maximum atomic E-state index is 12.1. The molecule has 2 heterocycles. The summed E-state index contributed by atoms with van der Waals surface area (Å²) in [4.78, 5) is 8.06. The fourth-order valence-electron chi connectivity index (χ4n) is 1.77. The molecule has 104 valence electrons. The first-order chi connectivity index (χ1) is 8.90. The summed E-state index contributed by atoms with van der Waals surface area (Å²) in [5.74, 6) is 0. The van der Waals surface area contributed by atoms with Gasteiger partial charge in [0.25, 0.3) is 6.01 Å². The van der Waals surface area contributed by atoms with E-state index in [1.165, 1.54) is 7.11 Å². The van der Waals surface area contributed by atoms with Gasteiger partial charge in [0.2, 0.25) is 0 Å². The van der Waals surface area contributed by atoms with Crippen LogP contribution in [0.2, 0.25) is 5.15 Å². The quantitative estimate of drug-likeness (QED) is 0.811. The van der Waals surface area contributed by atoms with Crippen LogP contribution in [0.3, 0.4) is 0 Å². The second kappa shape index (κ2) is 5.24. The van der Waals surface area contributed by atoms with Gasteiger partial charge in [-0.2, -0.15) is 18.2 Å². The minimum atomic E-state index is -4.16. The van der Waals surface area contributed by atoms with E-state index in [0.29, 0.717) is 11.2 Å². The van der Waals surface area contributed by atoms with Crippen molar-refractivity contribution in [2.45, 2.75) is 25.6 Å². The highest BCUT2D eigenvalue weighted by Gasteiger charge is 2.26. The molecule has 0 unspecified atom stereocenters. The Morgan fingerprint density at radius 1 is 1.32 bits per heavy atom. The van der Waals surface area contributed by atoms with Crippen molar-refractivity contribution in [1.82, 2.24) is 14.5 Å². The van der Waals surface area contributed by atoms with E-state index in [4.69, 9.17) is 16.3 Å². The van der Waals surface area contributed by atoms with Gasteiger partial charge in [0.1, 0.15) is 5.15 Å². The zero-order chi connectivity index (χ0) is 14.0. The Balaban J connectivity index is 2.25. The SMILES string of the molecule is COc1nc2nc(Cl)ccc2n1CCCC(F)(F)F. The highest BCUT2D eigenvalue weighted by Crippen LogP contribution is 2.25. The second-order valence-corrected chi connectivity index (χ2v) is 4.33. The van der Waals surface area contributed by atoms with Gasteiger partial charge in [-0.1, -0.05) is 11.6 Å². The van der Waals surface area contributed by atoms with Crippen molar-refractivity contribution in [2.75, 3.05) is 7.11 Å². The minimum absolute atomic E-state index is 0.0477. The van der Waals surface area contributed by atoms with Crippen molar-refractivity contribution in [2.24, 2.45) is 0 Å². The van der Waals surface area contributed by atoms with E-state index < -0.39 is 12.6 Å². The van der Waals surface area contributed by atoms with Gasteiger partial charge < -0.3 is 4.74 Å². The highest BCUT2D eigenvalue weighted by molar-refractivity contribution is 6.29. The van der Waals surface area contributed by atoms with E-state index in [2.05, 4.69) is 9.97 Å². The summed E-state index contributed by atoms with van der Waals surface area (Å²) in [6.45, 7) is 0.155. The lowest BCUT2D eigenvalue weighted by molar-refractivity contribution is -0.135. The van der Waals surface area contributed by atoms with E-state index in [0.717, 1.165) is 0 Å². The molecule has 2 rings (SSSR count). The van der Waals surface area contributed by atoms with Crippen LogP contribution in [-0.4, -0.2) is 27.8 Å². The van der Waals surface area contributed by atoms with Crippen molar-refractivity contribution in [3.63, 3.8) is 0 Å². The molecule has 0 atom stereocenters. The summed E-state index contributed by atoms with van der Waals surface area (Å²) < 4.78 is 43.0. The van der Waals surface area contributed by atoms with Crippen LogP contribution in [0.1, 0.15) is 12.8 Å². The maximum absolute atomic E-state index is 12.1. The molecule has 0 aliphatic heterocycles. The maximum Gasteiger partial charge on any atom is 0.389 e. The van der Waals surface area contributed by atoms with Gasteiger partial charge in [0.15, 0.2) is 5.65 Å². The molecule has 0 spiro atoms. The van der Waals surface area contributed by atoms with Crippen LogP contribution in [-0.2, 0) is 6.54 Å². The van der Waals surface area contributed by atoms with Gasteiger partial charge in [0.05, 0.1) is 12.6 Å². The standard InChI is InChI=1S/C11H11ClF3N3O/c1-19-10-17-9-7(3-4-8(12)16-9)18(10)6-2-5-11(13,14)15/h3-4H,2,5-6H2,1H3. The number of methoxy groups -OCH3 is 1. The topological polar surface area (TPSA) is 39.9 Å². The number of imidazole rings is 1. The molecule has 0 saturated heterocycles. The van der Waals surface area contributed by atoms with Crippen LogP contribution in [0.4, 0.5) is 13.2 Å². The summed E-state index contributed by atoms with van der Waals surface area (Å²) in [6.07, 6.45) is -5.06. The zero-order valence-electron chi connectivity index (χ0n) is 10.0. The number of hydrogen-bond donors (Lipinski definition) is 0. The fourth-order valence-corrected chi connectivity index (χ4v) is 1.92. The minimum Gasteiger partial charge on any atom is -0.468 e. The molecule has 4 nitrogen and oxygen atoms in total. The number of fused-ring (bicyclic) bond motifs is 1. The largest absolute Gasteiger partial charge is 0.468 e. The first-order valence-electron chi connectivity index (χ1n) is 5.54. The first-order valence-corrected chi connectivity index (χ1v) is 5.92. The Hall–Kier alpha value is -1.50. The lowest BCUT2D eigenvalue weighted by Gasteiger charge is -2.09. The number of pyridine rings is 1. The Morgan fingerprint density at radius 2 is 2.05 bits per heavy atom. The monoisotopic (exact) mass is 293 g/mol. The van der Waals surface area contributed by atoms with E-state index in [1.54, 1.807) is 16.7 Å². The lowest BCUT2D eigenvalue weighted by Crippen LogP contribution is -2.09. The van der Waals surface area contributed by atoms with Crippen LogP contribution < -0.4 is 4.74 Å². The fraction of sp³-hybridized carbons (Fsp3) is 0.455. The molecular formula is C11H11ClF3N3O. The Labute approximate surface area is 112 Å². The summed E-state index contributed by atoms with van der Waals surface area (Å²) in [6, 6.07) is 3.45. The molecule has 0 bridgehead atoms. The van der Waals surface area contributed by atoms with Crippen molar-refractivity contribution >= 4 is 22.8 Å². The number of rotatable bonds is 4. The summed E-state index contributed by atoms with van der Waals surface area (Å²) in [5.41, 5.74) is 0.958. The van der Waals surface area contributed by atoms with Gasteiger partial charge >= 0.3 is 6.18 Å². The number of alkyl halides is 3. The number of hydrogen-bond acceptors (Lipinski definition) is 3. The van der Waals surface area contributed by atoms with Crippen molar-refractivity contribution < 1.29 is 17.9 Å². The number of aromatic nitrogens is 3. The molecule has 2 aromatic heterocycles. The number of ether oxygens (including phenoxy) is 1. The van der Waals surface area contributed by atoms with E-state index in [-0.39, 0.29) is 24.1 Å². The smallest absolute Gasteiger partial charge is 0.389 e. The molecule has 0 aliphatic rings. The predicted molar refractivity (Wildman–Crippen MR) is 64.4 cm³/mol. The Morgan fingerprint density at radius 3 is 2.68 bits per heavy atom. The van der Waals surface area contributed by atoms with Gasteiger partial charge in [-0.05, 0) is 18.6 Å². The number of aryl methyl sites for hydroxylation is 1. The molecular weight excluding hydrogens is 283 g/mol. The van der Waals surface area contributed by atoms with Crippen molar-refractivity contribution in [3.8, 4) is 6.01 Å². The van der Waals surface area contributed by atoms with Gasteiger partial charge in [0, 0.05) is 13.0 Å². The summed E-state index contributed by atoms with van der Waals surface area (Å²) >= 11 is 5.74. The van der Waals surface area contributed by atoms with Gasteiger partial charge in [-0.15, -0.1) is 0 Å². The van der Waals surface area contributed by atoms with E-state index in [1.807, 2.05) is 0 Å². The first kappa shape index (κ1) is 13.9. The Kier molecular flexibility index (Phi) is 3.84. The van der Waals surface area contributed by atoms with Crippen LogP contribution in [0.25, 0.3) is 11.2 Å². The van der Waals surface area contributed by atoms with Crippen molar-refractivity contribution in [3.05, 3.63) is 17.3 Å². The number of nitrogens with zero attached hydrogens (tertiary/aromatic N) is 3. The molecule has 0 saturated carbocycles. The average Bonchev–Trinajstić information content (AvgIpc) is 2.65. The lowest BCUT2D eigenvalue weighted by atomic mass is 10.3. The third-order valence-electron chi connectivity index (χ3n) is 2.57. The van der Waals surface area contributed by atoms with Crippen LogP contribution in [0.15, 0.2) is 12.1 Å². The second-order valence-electron chi connectivity index (χ2n) is 3.95. The van der Waals surface area contributed by atoms with Crippen LogP contribution >= 0.6 is 11.6 Å². The molecule has 2 aromatic rings. The molecule has 8 heteroatoms. The zero-order valence-corrected chi connectivity index (χ0v) is 10.8. The molecule has 0 radical (unpaired) electrons. The molecule has 0 N–H and O–H groups in total. The van der Waals surface area contributed by atoms with Gasteiger partial charge in [-0.25, -0.2) is 4.98 Å². The molecule has 19 heavy (non-hydrogen) atoms.